The van der Waals surface area contributed by atoms with Crippen molar-refractivity contribution in [1.29, 1.82) is 5.26 Å². The molecular weight excluding hydrogens is 671 g/mol. The second-order valence-electron chi connectivity index (χ2n) is 13.1. The molecule has 5 aromatic rings. The second-order valence-corrected chi connectivity index (χ2v) is 13.1. The minimum Gasteiger partial charge on any atom is -0.493 e. The van der Waals surface area contributed by atoms with Gasteiger partial charge >= 0.3 is 0 Å². The van der Waals surface area contributed by atoms with Gasteiger partial charge in [-0.25, -0.2) is 22.8 Å². The van der Waals surface area contributed by atoms with Gasteiger partial charge in [-0.3, -0.25) is 4.79 Å². The van der Waals surface area contributed by atoms with Gasteiger partial charge in [-0.15, -0.1) is 0 Å². The number of nitrogens with one attached hydrogen (secondary N) is 1. The lowest BCUT2D eigenvalue weighted by molar-refractivity contribution is -0.0206. The van der Waals surface area contributed by atoms with E-state index in [9.17, 15) is 13.6 Å². The average molecular weight is 708 g/mol. The Kier molecular flexibility index (Phi) is 9.82. The van der Waals surface area contributed by atoms with Crippen molar-refractivity contribution in [3.63, 3.8) is 0 Å². The van der Waals surface area contributed by atoms with Gasteiger partial charge in [0.25, 0.3) is 5.91 Å². The summed E-state index contributed by atoms with van der Waals surface area (Å²) in [4.78, 5) is 21.3. The van der Waals surface area contributed by atoms with Crippen molar-refractivity contribution in [3.8, 4) is 11.8 Å². The summed E-state index contributed by atoms with van der Waals surface area (Å²) in [5.41, 5.74) is 2.92. The number of amides is 1. The molecule has 266 valence electrons. The maximum absolute atomic E-state index is 15.0. The Morgan fingerprint density at radius 3 is 2.38 bits per heavy atom. The molecule has 0 spiro atoms. The summed E-state index contributed by atoms with van der Waals surface area (Å²) in [5.74, 6) is -1.68. The minimum atomic E-state index is -1.04. The lowest BCUT2D eigenvalue weighted by Gasteiger charge is -2.37. The van der Waals surface area contributed by atoms with Gasteiger partial charge in [0, 0.05) is 60.7 Å². The number of aromatic nitrogens is 3. The number of nitrogens with zero attached hydrogens (tertiary/aromatic N) is 6. The van der Waals surface area contributed by atoms with Crippen molar-refractivity contribution in [1.82, 2.24) is 14.8 Å². The third kappa shape index (κ3) is 7.43. The van der Waals surface area contributed by atoms with Crippen LogP contribution < -0.4 is 19.9 Å². The number of hydrogen-bond donors (Lipinski definition) is 1. The van der Waals surface area contributed by atoms with Crippen LogP contribution in [0.1, 0.15) is 33.5 Å². The lowest BCUT2D eigenvalue weighted by atomic mass is 9.87. The molecule has 1 aromatic heterocycles. The van der Waals surface area contributed by atoms with Crippen molar-refractivity contribution in [3.05, 3.63) is 131 Å². The lowest BCUT2D eigenvalue weighted by Crippen LogP contribution is -2.46. The highest BCUT2D eigenvalue weighted by Gasteiger charge is 2.44. The highest BCUT2D eigenvalue weighted by atomic mass is 19.1. The number of carbonyl (C=O) groups excluding carboxylic acids is 1. The molecule has 3 heterocycles. The molecule has 10 nitrogen and oxygen atoms in total. The Morgan fingerprint density at radius 1 is 0.962 bits per heavy atom. The summed E-state index contributed by atoms with van der Waals surface area (Å²) >= 11 is 0. The Morgan fingerprint density at radius 2 is 1.71 bits per heavy atom. The third-order valence-corrected chi connectivity index (χ3v) is 9.64. The number of halogens is 3. The Labute approximate surface area is 299 Å². The molecule has 52 heavy (non-hydrogen) atoms. The first-order chi connectivity index (χ1) is 25.2. The Hall–Kier alpha value is -5.87. The van der Waals surface area contributed by atoms with Crippen LogP contribution in [0.15, 0.2) is 91.5 Å². The van der Waals surface area contributed by atoms with E-state index in [2.05, 4.69) is 37.3 Å². The zero-order valence-electron chi connectivity index (χ0n) is 28.4. The number of benzene rings is 4. The van der Waals surface area contributed by atoms with Gasteiger partial charge in [-0.1, -0.05) is 6.07 Å². The van der Waals surface area contributed by atoms with Crippen LogP contribution in [0.25, 0.3) is 0 Å². The monoisotopic (exact) mass is 707 g/mol. The molecular formula is C39H36F3N7O3. The van der Waals surface area contributed by atoms with Crippen molar-refractivity contribution < 1.29 is 27.4 Å². The van der Waals surface area contributed by atoms with Gasteiger partial charge in [-0.2, -0.15) is 10.4 Å². The van der Waals surface area contributed by atoms with Gasteiger partial charge in [0.05, 0.1) is 37.1 Å². The Balaban J connectivity index is 0.924. The van der Waals surface area contributed by atoms with E-state index in [1.54, 1.807) is 23.1 Å². The number of hydrogen-bond acceptors (Lipinski definition) is 8. The molecule has 0 saturated carbocycles. The minimum absolute atomic E-state index is 0.0188. The van der Waals surface area contributed by atoms with Crippen LogP contribution in [-0.4, -0.2) is 60.1 Å². The SMILES string of the molecule is Cc1cc(N2CCN(c3ccc(C(=O)Nc4ccc(C#N)cc4F)cc3)CC2)ccc1OCC1CO[C@@](Cn2cncn2)(c2ccc(F)cc2F)C1. The fraction of sp³-hybridized carbons (Fsp3) is 0.282. The number of rotatable bonds is 10. The normalized spacial score (nSPS) is 18.6. The van der Waals surface area contributed by atoms with E-state index in [1.165, 1.54) is 30.6 Å². The number of carbonyl (C=O) groups is 1. The van der Waals surface area contributed by atoms with Gasteiger partial charge in [-0.05, 0) is 85.6 Å². The first-order valence-corrected chi connectivity index (χ1v) is 17.0. The number of anilines is 3. The largest absolute Gasteiger partial charge is 0.493 e. The van der Waals surface area contributed by atoms with Crippen molar-refractivity contribution >= 4 is 23.0 Å². The standard InChI is InChI=1S/C39H36F3N7O3/c1-26-16-32(48-14-12-47(13-15-48)31-6-3-29(4-7-31)38(50)46-36-10-2-27(20-43)17-35(36)42)8-11-37(26)51-21-28-19-39(52-22-28,23-49-25-44-24-45-49)33-9-5-30(40)18-34(33)41/h2-11,16-18,24-25,28H,12-15,19,21-23H2,1H3,(H,46,50)/t28?,39-/m0/s1. The van der Waals surface area contributed by atoms with E-state index in [0.29, 0.717) is 25.2 Å². The molecule has 2 aliphatic heterocycles. The summed E-state index contributed by atoms with van der Waals surface area (Å²) in [5, 5.41) is 15.7. The maximum Gasteiger partial charge on any atom is 0.255 e. The topological polar surface area (TPSA) is 109 Å². The molecule has 2 saturated heterocycles. The highest BCUT2D eigenvalue weighted by molar-refractivity contribution is 6.04. The molecule has 0 bridgehead atoms. The quantitative estimate of drug-likeness (QED) is 0.176. The van der Waals surface area contributed by atoms with Crippen LogP contribution >= 0.6 is 0 Å². The van der Waals surface area contributed by atoms with Crippen LogP contribution in [0.2, 0.25) is 0 Å². The van der Waals surface area contributed by atoms with Gasteiger partial charge in [0.15, 0.2) is 0 Å². The highest BCUT2D eigenvalue weighted by Crippen LogP contribution is 2.42. The van der Waals surface area contributed by atoms with Gasteiger partial charge in [0.2, 0.25) is 0 Å². The Bertz CT molecular complexity index is 2100. The fourth-order valence-corrected chi connectivity index (χ4v) is 6.91. The summed E-state index contributed by atoms with van der Waals surface area (Å²) in [6.45, 7) is 6.13. The van der Waals surface area contributed by atoms with E-state index < -0.39 is 29.0 Å². The maximum atomic E-state index is 15.0. The predicted octanol–water partition coefficient (Wildman–Crippen LogP) is 6.47. The number of piperazine rings is 1. The second kappa shape index (κ2) is 14.8. The zero-order chi connectivity index (χ0) is 36.2. The molecule has 4 aromatic carbocycles. The van der Waals surface area contributed by atoms with Gasteiger partial charge < -0.3 is 24.6 Å². The number of aryl methyl sites for hydroxylation is 1. The van der Waals surface area contributed by atoms with Crippen LogP contribution in [-0.2, 0) is 16.9 Å². The molecule has 2 aliphatic rings. The molecule has 2 fully saturated rings. The number of nitriles is 1. The fourth-order valence-electron chi connectivity index (χ4n) is 6.91. The summed E-state index contributed by atoms with van der Waals surface area (Å²) in [6, 6.07) is 22.7. The molecule has 13 heteroatoms. The van der Waals surface area contributed by atoms with E-state index >= 15 is 4.39 Å². The van der Waals surface area contributed by atoms with Crippen LogP contribution in [0.3, 0.4) is 0 Å². The third-order valence-electron chi connectivity index (χ3n) is 9.64. The first-order valence-electron chi connectivity index (χ1n) is 17.0. The van der Waals surface area contributed by atoms with E-state index in [4.69, 9.17) is 14.7 Å². The smallest absolute Gasteiger partial charge is 0.255 e. The molecule has 1 unspecified atom stereocenters. The van der Waals surface area contributed by atoms with Crippen LogP contribution in [0.5, 0.6) is 5.75 Å². The molecule has 2 atom stereocenters. The average Bonchev–Trinajstić information content (AvgIpc) is 3.82. The van der Waals surface area contributed by atoms with Crippen molar-refractivity contribution in [2.24, 2.45) is 5.92 Å². The van der Waals surface area contributed by atoms with E-state index in [1.807, 2.05) is 31.2 Å². The molecule has 1 N–H and O–H groups in total. The summed E-state index contributed by atoms with van der Waals surface area (Å²) in [6.07, 6.45) is 3.42. The van der Waals surface area contributed by atoms with Crippen molar-refractivity contribution in [2.75, 3.05) is 54.5 Å². The predicted molar refractivity (Wildman–Crippen MR) is 189 cm³/mol. The summed E-state index contributed by atoms with van der Waals surface area (Å²) < 4.78 is 57.1. The molecule has 1 amide bonds. The molecule has 0 aliphatic carbocycles. The number of ether oxygens (including phenoxy) is 2. The first kappa shape index (κ1) is 34.6. The van der Waals surface area contributed by atoms with Crippen LogP contribution in [0, 0.1) is 41.6 Å². The zero-order valence-corrected chi connectivity index (χ0v) is 28.4. The van der Waals surface area contributed by atoms with Crippen LogP contribution in [0.4, 0.5) is 30.2 Å². The molecule has 0 radical (unpaired) electrons. The van der Waals surface area contributed by atoms with Gasteiger partial charge in [0.1, 0.15) is 41.5 Å². The summed E-state index contributed by atoms with van der Waals surface area (Å²) in [7, 11) is 0. The van der Waals surface area contributed by atoms with E-state index in [0.717, 1.165) is 61.0 Å². The molecule has 7 rings (SSSR count). The van der Waals surface area contributed by atoms with E-state index in [-0.39, 0.29) is 29.3 Å². The van der Waals surface area contributed by atoms with Crippen molar-refractivity contribution in [2.45, 2.75) is 25.5 Å².